The predicted molar refractivity (Wildman–Crippen MR) is 82.8 cm³/mol. The number of pyridine rings is 1. The predicted octanol–water partition coefficient (Wildman–Crippen LogP) is 3.67. The van der Waals surface area contributed by atoms with Crippen LogP contribution in [0.25, 0.3) is 10.9 Å². The molecule has 0 aliphatic rings. The largest absolute Gasteiger partial charge is 0.497 e. The van der Waals surface area contributed by atoms with Crippen LogP contribution < -0.4 is 4.74 Å². The summed E-state index contributed by atoms with van der Waals surface area (Å²) in [5.41, 5.74) is 2.37. The molecule has 0 N–H and O–H groups in total. The van der Waals surface area contributed by atoms with Gasteiger partial charge in [-0.25, -0.2) is 0 Å². The summed E-state index contributed by atoms with van der Waals surface area (Å²) in [6.07, 6.45) is 0.303. The average Bonchev–Trinajstić information content (AvgIpc) is 2.55. The Morgan fingerprint density at radius 1 is 1.00 bits per heavy atom. The molecule has 0 amide bonds. The van der Waals surface area contributed by atoms with E-state index in [1.54, 1.807) is 31.4 Å². The third-order valence-electron chi connectivity index (χ3n) is 3.41. The second kappa shape index (κ2) is 5.75. The second-order valence-corrected chi connectivity index (χ2v) is 4.82. The number of Topliss-reactive ketones (excluding diaryl/α,β-unsaturated/α-hetero) is 1. The van der Waals surface area contributed by atoms with E-state index < -0.39 is 0 Å². The highest BCUT2D eigenvalue weighted by Crippen LogP contribution is 2.15. The molecule has 0 unspecified atom stereocenters. The van der Waals surface area contributed by atoms with Crippen LogP contribution in [0.3, 0.4) is 0 Å². The van der Waals surface area contributed by atoms with Crippen molar-refractivity contribution in [1.29, 1.82) is 0 Å². The van der Waals surface area contributed by atoms with Gasteiger partial charge in [-0.1, -0.05) is 24.3 Å². The van der Waals surface area contributed by atoms with Gasteiger partial charge in [0.1, 0.15) is 5.75 Å². The molecule has 21 heavy (non-hydrogen) atoms. The van der Waals surface area contributed by atoms with Gasteiger partial charge in [-0.05, 0) is 36.4 Å². The maximum Gasteiger partial charge on any atom is 0.168 e. The number of carbonyl (C=O) groups excluding carboxylic acids is 1. The Morgan fingerprint density at radius 3 is 2.52 bits per heavy atom. The first-order chi connectivity index (χ1) is 10.3. The fourth-order valence-electron chi connectivity index (χ4n) is 2.25. The SMILES string of the molecule is COc1ccc(C(=O)Cc2ccc3ccccc3n2)cc1. The molecular weight excluding hydrogens is 262 g/mol. The lowest BCUT2D eigenvalue weighted by atomic mass is 10.1. The molecule has 0 aliphatic heterocycles. The van der Waals surface area contributed by atoms with Crippen LogP contribution in [0.4, 0.5) is 0 Å². The van der Waals surface area contributed by atoms with Crippen LogP contribution >= 0.6 is 0 Å². The Hall–Kier alpha value is -2.68. The molecule has 1 aromatic heterocycles. The number of benzene rings is 2. The molecule has 104 valence electrons. The Balaban J connectivity index is 1.81. The number of carbonyl (C=O) groups is 1. The molecule has 0 radical (unpaired) electrons. The molecule has 3 rings (SSSR count). The van der Waals surface area contributed by atoms with Gasteiger partial charge in [-0.3, -0.25) is 9.78 Å². The van der Waals surface area contributed by atoms with Crippen molar-refractivity contribution in [1.82, 2.24) is 4.98 Å². The van der Waals surface area contributed by atoms with E-state index in [4.69, 9.17) is 4.74 Å². The minimum absolute atomic E-state index is 0.0560. The number of hydrogen-bond donors (Lipinski definition) is 0. The molecular formula is C18H15NO2. The first-order valence-electron chi connectivity index (χ1n) is 6.78. The zero-order valence-electron chi connectivity index (χ0n) is 11.7. The number of rotatable bonds is 4. The number of para-hydroxylation sites is 1. The van der Waals surface area contributed by atoms with Gasteiger partial charge in [0, 0.05) is 16.6 Å². The van der Waals surface area contributed by atoms with E-state index in [0.29, 0.717) is 12.0 Å². The summed E-state index contributed by atoms with van der Waals surface area (Å²) in [6, 6.07) is 18.9. The Kier molecular flexibility index (Phi) is 3.65. The van der Waals surface area contributed by atoms with E-state index in [1.165, 1.54) is 0 Å². The summed E-state index contributed by atoms with van der Waals surface area (Å²) in [7, 11) is 1.61. The van der Waals surface area contributed by atoms with Crippen molar-refractivity contribution in [2.45, 2.75) is 6.42 Å². The standard InChI is InChI=1S/C18H15NO2/c1-21-16-10-7-14(8-11-16)18(20)12-15-9-6-13-4-2-3-5-17(13)19-15/h2-11H,12H2,1H3. The molecule has 0 atom stereocenters. The molecule has 0 saturated heterocycles. The number of fused-ring (bicyclic) bond motifs is 1. The molecule has 0 fully saturated rings. The highest BCUT2D eigenvalue weighted by molar-refractivity contribution is 5.97. The van der Waals surface area contributed by atoms with Crippen molar-refractivity contribution < 1.29 is 9.53 Å². The van der Waals surface area contributed by atoms with Crippen LogP contribution in [0.1, 0.15) is 16.1 Å². The van der Waals surface area contributed by atoms with E-state index in [1.807, 2.05) is 36.4 Å². The molecule has 0 saturated carbocycles. The van der Waals surface area contributed by atoms with Gasteiger partial charge in [0.2, 0.25) is 0 Å². The van der Waals surface area contributed by atoms with Crippen LogP contribution in [0.15, 0.2) is 60.7 Å². The van der Waals surface area contributed by atoms with Gasteiger partial charge in [0.15, 0.2) is 5.78 Å². The van der Waals surface area contributed by atoms with Crippen LogP contribution in [0.5, 0.6) is 5.75 Å². The van der Waals surface area contributed by atoms with Crippen molar-refractivity contribution in [3.05, 3.63) is 71.9 Å². The van der Waals surface area contributed by atoms with Crippen molar-refractivity contribution in [2.75, 3.05) is 7.11 Å². The third kappa shape index (κ3) is 2.92. The maximum atomic E-state index is 12.3. The maximum absolute atomic E-state index is 12.3. The average molecular weight is 277 g/mol. The topological polar surface area (TPSA) is 39.2 Å². The molecule has 1 heterocycles. The molecule has 0 spiro atoms. The van der Waals surface area contributed by atoms with Gasteiger partial charge < -0.3 is 4.74 Å². The monoisotopic (exact) mass is 277 g/mol. The van der Waals surface area contributed by atoms with Gasteiger partial charge in [0.25, 0.3) is 0 Å². The smallest absolute Gasteiger partial charge is 0.168 e. The summed E-state index contributed by atoms with van der Waals surface area (Å²) < 4.78 is 5.09. The van der Waals surface area contributed by atoms with Crippen LogP contribution in [-0.4, -0.2) is 17.9 Å². The van der Waals surface area contributed by atoms with E-state index in [0.717, 1.165) is 22.3 Å². The van der Waals surface area contributed by atoms with Gasteiger partial charge >= 0.3 is 0 Å². The number of ketones is 1. The van der Waals surface area contributed by atoms with Gasteiger partial charge in [0.05, 0.1) is 19.0 Å². The Morgan fingerprint density at radius 2 is 1.76 bits per heavy atom. The van der Waals surface area contributed by atoms with E-state index in [2.05, 4.69) is 4.98 Å². The number of ether oxygens (including phenoxy) is 1. The lowest BCUT2D eigenvalue weighted by molar-refractivity contribution is 0.0992. The number of aromatic nitrogens is 1. The van der Waals surface area contributed by atoms with Crippen molar-refractivity contribution in [3.63, 3.8) is 0 Å². The summed E-state index contributed by atoms with van der Waals surface area (Å²) in [5, 5.41) is 1.08. The van der Waals surface area contributed by atoms with E-state index >= 15 is 0 Å². The van der Waals surface area contributed by atoms with E-state index in [9.17, 15) is 4.79 Å². The zero-order chi connectivity index (χ0) is 14.7. The molecule has 0 bridgehead atoms. The minimum Gasteiger partial charge on any atom is -0.497 e. The summed E-state index contributed by atoms with van der Waals surface area (Å²) in [5.74, 6) is 0.802. The van der Waals surface area contributed by atoms with Crippen molar-refractivity contribution in [3.8, 4) is 5.75 Å². The first-order valence-corrected chi connectivity index (χ1v) is 6.78. The van der Waals surface area contributed by atoms with Crippen LogP contribution in [0, 0.1) is 0 Å². The van der Waals surface area contributed by atoms with Crippen molar-refractivity contribution in [2.24, 2.45) is 0 Å². The Bertz CT molecular complexity index is 779. The highest BCUT2D eigenvalue weighted by Gasteiger charge is 2.08. The molecule has 3 heteroatoms. The number of nitrogens with zero attached hydrogens (tertiary/aromatic N) is 1. The quantitative estimate of drug-likeness (QED) is 0.683. The number of hydrogen-bond acceptors (Lipinski definition) is 3. The second-order valence-electron chi connectivity index (χ2n) is 4.82. The van der Waals surface area contributed by atoms with Gasteiger partial charge in [-0.2, -0.15) is 0 Å². The molecule has 3 aromatic rings. The van der Waals surface area contributed by atoms with Crippen LogP contribution in [0.2, 0.25) is 0 Å². The number of methoxy groups -OCH3 is 1. The summed E-state index contributed by atoms with van der Waals surface area (Å²) in [4.78, 5) is 16.8. The fraction of sp³-hybridized carbons (Fsp3) is 0.111. The zero-order valence-corrected chi connectivity index (χ0v) is 11.7. The molecule has 0 aliphatic carbocycles. The summed E-state index contributed by atoms with van der Waals surface area (Å²) in [6.45, 7) is 0. The first kappa shape index (κ1) is 13.3. The normalized spacial score (nSPS) is 10.5. The third-order valence-corrected chi connectivity index (χ3v) is 3.41. The lowest BCUT2D eigenvalue weighted by Crippen LogP contribution is -2.05. The summed E-state index contributed by atoms with van der Waals surface area (Å²) >= 11 is 0. The Labute approximate surface area is 123 Å². The molecule has 2 aromatic carbocycles. The van der Waals surface area contributed by atoms with Crippen LogP contribution in [-0.2, 0) is 6.42 Å². The van der Waals surface area contributed by atoms with Gasteiger partial charge in [-0.15, -0.1) is 0 Å². The molecule has 3 nitrogen and oxygen atoms in total. The minimum atomic E-state index is 0.0560. The highest BCUT2D eigenvalue weighted by atomic mass is 16.5. The van der Waals surface area contributed by atoms with Crippen molar-refractivity contribution >= 4 is 16.7 Å². The fourth-order valence-corrected chi connectivity index (χ4v) is 2.25. The lowest BCUT2D eigenvalue weighted by Gasteiger charge is -2.04. The van der Waals surface area contributed by atoms with E-state index in [-0.39, 0.29) is 5.78 Å².